The number of carbonyl (C=O) groups is 1. The molecule has 0 rings (SSSR count). The Labute approximate surface area is 48.5 Å². The first-order valence-electron chi connectivity index (χ1n) is 1.74. The lowest BCUT2D eigenvalue weighted by Gasteiger charge is -2.05. The van der Waals surface area contributed by atoms with Crippen LogP contribution in [0.15, 0.2) is 0 Å². The van der Waals surface area contributed by atoms with E-state index in [0.29, 0.717) is 0 Å². The molecule has 0 heterocycles. The summed E-state index contributed by atoms with van der Waals surface area (Å²) in [6, 6.07) is -0.854. The van der Waals surface area contributed by atoms with E-state index in [1.165, 1.54) is 0 Å². The van der Waals surface area contributed by atoms with Crippen LogP contribution in [-0.2, 0) is 9.57 Å². The molecule has 6 heteroatoms. The average Bonchev–Trinajstić information content (AvgIpc) is 1.65. The van der Waals surface area contributed by atoms with Gasteiger partial charge in [-0.3, -0.25) is 4.84 Å². The van der Waals surface area contributed by atoms with E-state index in [1.54, 1.807) is 0 Å². The molecule has 0 aliphatic rings. The summed E-state index contributed by atoms with van der Waals surface area (Å²) in [5, 5.41) is 0. The van der Waals surface area contributed by atoms with Crippen LogP contribution in [0.2, 0.25) is 0 Å². The first kappa shape index (κ1) is 7.62. The number of rotatable bonds is 2. The van der Waals surface area contributed by atoms with Crippen molar-refractivity contribution in [3.8, 4) is 0 Å². The fourth-order valence-corrected chi connectivity index (χ4v) is 0.276. The quantitative estimate of drug-likeness (QED) is 0.295. The number of ether oxygens (including phenoxy) is 1. The van der Waals surface area contributed by atoms with E-state index < -0.39 is 12.1 Å². The van der Waals surface area contributed by atoms with Crippen LogP contribution in [0.25, 0.3) is 0 Å². The predicted molar refractivity (Wildman–Crippen MR) is 29.4 cm³/mol. The van der Waals surface area contributed by atoms with Gasteiger partial charge >= 0.3 is 6.09 Å². The molecule has 5 nitrogen and oxygen atoms in total. The highest BCUT2D eigenvalue weighted by atomic mass is 31.0. The Morgan fingerprint density at radius 2 is 2.25 bits per heavy atom. The molecular formula is C2H7N2O3P. The van der Waals surface area contributed by atoms with Crippen LogP contribution in [0.5, 0.6) is 0 Å². The summed E-state index contributed by atoms with van der Waals surface area (Å²) in [5.74, 6) is 4.57. The van der Waals surface area contributed by atoms with Crippen molar-refractivity contribution in [1.29, 1.82) is 0 Å². The zero-order valence-electron chi connectivity index (χ0n) is 4.03. The van der Waals surface area contributed by atoms with Crippen LogP contribution in [0.4, 0.5) is 4.79 Å². The Balaban J connectivity index is 3.24. The molecule has 0 aromatic heterocycles. The normalized spacial score (nSPS) is 12.8. The van der Waals surface area contributed by atoms with Gasteiger partial charge in [0, 0.05) is 0 Å². The minimum atomic E-state index is -0.921. The maximum Gasteiger partial charge on any atom is 0.407 e. The molecule has 2 unspecified atom stereocenters. The van der Waals surface area contributed by atoms with Crippen LogP contribution in [0, 0.1) is 0 Å². The molecular weight excluding hydrogens is 131 g/mol. The second-order valence-corrected chi connectivity index (χ2v) is 1.49. The maximum atomic E-state index is 9.82. The molecule has 1 amide bonds. The zero-order chi connectivity index (χ0) is 6.57. The summed E-state index contributed by atoms with van der Waals surface area (Å²) >= 11 is 0. The highest BCUT2D eigenvalue weighted by Gasteiger charge is 2.01. The van der Waals surface area contributed by atoms with E-state index in [4.69, 9.17) is 0 Å². The van der Waals surface area contributed by atoms with Gasteiger partial charge in [0.25, 0.3) is 0 Å². The monoisotopic (exact) mass is 138 g/mol. The number of primary amides is 1. The van der Waals surface area contributed by atoms with Crippen molar-refractivity contribution in [3.05, 3.63) is 0 Å². The first-order valence-corrected chi connectivity index (χ1v) is 2.40. The van der Waals surface area contributed by atoms with Crippen molar-refractivity contribution in [2.75, 3.05) is 0 Å². The van der Waals surface area contributed by atoms with Crippen LogP contribution in [0.3, 0.4) is 0 Å². The van der Waals surface area contributed by atoms with Crippen LogP contribution in [0.1, 0.15) is 0 Å². The summed E-state index contributed by atoms with van der Waals surface area (Å²) in [6.45, 7) is 0. The first-order chi connectivity index (χ1) is 3.66. The Kier molecular flexibility index (Phi) is 3.43. The minimum Gasteiger partial charge on any atom is -0.415 e. The fraction of sp³-hybridized carbons (Fsp3) is 0.500. The number of hydrogen-bond acceptors (Lipinski definition) is 4. The van der Waals surface area contributed by atoms with Gasteiger partial charge in [-0.1, -0.05) is 9.24 Å². The van der Waals surface area contributed by atoms with Gasteiger partial charge in [-0.05, 0) is 0 Å². The Bertz CT molecular complexity index is 87.4. The van der Waals surface area contributed by atoms with E-state index in [9.17, 15) is 4.79 Å². The maximum absolute atomic E-state index is 9.82. The number of nitrogens with two attached hydrogens (primary N) is 2. The molecule has 0 aromatic carbocycles. The van der Waals surface area contributed by atoms with Crippen molar-refractivity contribution < 1.29 is 14.4 Å². The average molecular weight is 138 g/mol. The molecule has 0 bridgehead atoms. The predicted octanol–water partition coefficient (Wildman–Crippen LogP) is -0.869. The van der Waals surface area contributed by atoms with Gasteiger partial charge in [-0.2, -0.15) is 0 Å². The summed E-state index contributed by atoms with van der Waals surface area (Å²) in [6.07, 6.45) is -0.921. The molecule has 48 valence electrons. The van der Waals surface area contributed by atoms with Crippen LogP contribution >= 0.6 is 9.24 Å². The Hall–Kier alpha value is -0.380. The molecule has 8 heavy (non-hydrogen) atoms. The number of carbonyl (C=O) groups excluding carboxylic acids is 1. The third-order valence-corrected chi connectivity index (χ3v) is 0.660. The smallest absolute Gasteiger partial charge is 0.407 e. The lowest BCUT2D eigenvalue weighted by atomic mass is 11.2. The van der Waals surface area contributed by atoms with Gasteiger partial charge in [0.1, 0.15) is 0 Å². The second-order valence-electron chi connectivity index (χ2n) is 0.941. The molecule has 4 N–H and O–H groups in total. The highest BCUT2D eigenvalue weighted by Crippen LogP contribution is 1.98. The standard InChI is InChI=1S/C2H7N2O3P/c3-1(5)6-2(8)7-4/h2H,4,8H2,(H2,3,5). The molecule has 2 atom stereocenters. The lowest BCUT2D eigenvalue weighted by molar-refractivity contribution is -0.0424. The van der Waals surface area contributed by atoms with Crippen molar-refractivity contribution in [1.82, 2.24) is 0 Å². The third-order valence-electron chi connectivity index (χ3n) is 0.366. The van der Waals surface area contributed by atoms with Crippen molar-refractivity contribution in [2.45, 2.75) is 6.03 Å². The summed E-state index contributed by atoms with van der Waals surface area (Å²) in [7, 11) is 2.01. The topological polar surface area (TPSA) is 87.6 Å². The fourth-order valence-electron chi connectivity index (χ4n) is 0.142. The molecule has 0 fully saturated rings. The third kappa shape index (κ3) is 3.80. The summed E-state index contributed by atoms with van der Waals surface area (Å²) < 4.78 is 4.15. The molecule has 0 aromatic rings. The lowest BCUT2D eigenvalue weighted by Crippen LogP contribution is -2.22. The molecule has 0 spiro atoms. The summed E-state index contributed by atoms with van der Waals surface area (Å²) in [5.41, 5.74) is 4.56. The minimum absolute atomic E-state index is 0.854. The molecule has 0 aliphatic heterocycles. The Morgan fingerprint density at radius 1 is 1.75 bits per heavy atom. The van der Waals surface area contributed by atoms with Crippen LogP contribution < -0.4 is 11.6 Å². The van der Waals surface area contributed by atoms with E-state index in [2.05, 4.69) is 21.2 Å². The van der Waals surface area contributed by atoms with E-state index >= 15 is 0 Å². The van der Waals surface area contributed by atoms with Gasteiger partial charge in [0.05, 0.1) is 0 Å². The van der Waals surface area contributed by atoms with Crippen molar-refractivity contribution in [2.24, 2.45) is 11.6 Å². The van der Waals surface area contributed by atoms with E-state index in [0.717, 1.165) is 0 Å². The van der Waals surface area contributed by atoms with Gasteiger partial charge in [0.2, 0.25) is 6.03 Å². The summed E-state index contributed by atoms with van der Waals surface area (Å²) in [4.78, 5) is 13.8. The molecule has 0 saturated carbocycles. The van der Waals surface area contributed by atoms with Gasteiger partial charge < -0.3 is 10.5 Å². The molecule has 0 radical (unpaired) electrons. The molecule has 0 aliphatic carbocycles. The zero-order valence-corrected chi connectivity index (χ0v) is 5.19. The van der Waals surface area contributed by atoms with Gasteiger partial charge in [0.15, 0.2) is 0 Å². The van der Waals surface area contributed by atoms with Gasteiger partial charge in [-0.25, -0.2) is 10.7 Å². The largest absolute Gasteiger partial charge is 0.415 e. The van der Waals surface area contributed by atoms with Crippen molar-refractivity contribution in [3.63, 3.8) is 0 Å². The SMILES string of the molecule is NOC(P)OC(N)=O. The Morgan fingerprint density at radius 3 is 2.38 bits per heavy atom. The number of amides is 1. The highest BCUT2D eigenvalue weighted by molar-refractivity contribution is 7.17. The van der Waals surface area contributed by atoms with E-state index in [-0.39, 0.29) is 0 Å². The van der Waals surface area contributed by atoms with Gasteiger partial charge in [-0.15, -0.1) is 0 Å². The van der Waals surface area contributed by atoms with Crippen LogP contribution in [-0.4, -0.2) is 12.1 Å². The second kappa shape index (κ2) is 3.60. The van der Waals surface area contributed by atoms with Crippen molar-refractivity contribution >= 4 is 15.3 Å². The molecule has 0 saturated heterocycles. The van der Waals surface area contributed by atoms with E-state index in [1.807, 2.05) is 9.24 Å². The number of hydrogen-bond donors (Lipinski definition) is 2.